The number of carbonyl (C=O) groups is 1. The van der Waals surface area contributed by atoms with Crippen molar-refractivity contribution in [3.63, 3.8) is 0 Å². The smallest absolute Gasteiger partial charge is 0.287 e. The number of hydrogen-bond acceptors (Lipinski definition) is 7. The first-order valence-electron chi connectivity index (χ1n) is 8.33. The van der Waals surface area contributed by atoms with E-state index in [-0.39, 0.29) is 17.7 Å². The van der Waals surface area contributed by atoms with E-state index in [9.17, 15) is 9.90 Å². The molecule has 0 radical (unpaired) electrons. The molecule has 0 unspecified atom stereocenters. The molecule has 7 nitrogen and oxygen atoms in total. The van der Waals surface area contributed by atoms with Gasteiger partial charge in [0.2, 0.25) is 0 Å². The van der Waals surface area contributed by atoms with Crippen molar-refractivity contribution in [2.24, 2.45) is 0 Å². The highest BCUT2D eigenvalue weighted by Gasteiger charge is 2.30. The van der Waals surface area contributed by atoms with Crippen LogP contribution in [0.3, 0.4) is 0 Å². The number of carbonyl (C=O) groups excluding carboxylic acids is 1. The van der Waals surface area contributed by atoms with Crippen molar-refractivity contribution < 1.29 is 14.3 Å². The fourth-order valence-corrected chi connectivity index (χ4v) is 3.54. The van der Waals surface area contributed by atoms with E-state index >= 15 is 0 Å². The van der Waals surface area contributed by atoms with Crippen molar-refractivity contribution in [3.05, 3.63) is 40.2 Å². The van der Waals surface area contributed by atoms with E-state index in [0.29, 0.717) is 19.5 Å². The van der Waals surface area contributed by atoms with Crippen LogP contribution in [0.2, 0.25) is 0 Å². The molecule has 1 fully saturated rings. The van der Waals surface area contributed by atoms with Crippen LogP contribution in [0.1, 0.15) is 28.4 Å². The lowest BCUT2D eigenvalue weighted by molar-refractivity contribution is 0.0339. The largest absolute Gasteiger partial charge is 0.455 e. The van der Waals surface area contributed by atoms with Gasteiger partial charge in [0.15, 0.2) is 5.76 Å². The van der Waals surface area contributed by atoms with Gasteiger partial charge in [-0.1, -0.05) is 0 Å². The quantitative estimate of drug-likeness (QED) is 0.801. The Bertz CT molecular complexity index is 686. The van der Waals surface area contributed by atoms with E-state index in [1.165, 1.54) is 0 Å². The van der Waals surface area contributed by atoms with Gasteiger partial charge in [0.05, 0.1) is 29.9 Å². The second-order valence-corrected chi connectivity index (χ2v) is 7.37. The Morgan fingerprint density at radius 1 is 1.52 bits per heavy atom. The molecule has 1 saturated heterocycles. The molecular formula is C17H24N4O3S. The summed E-state index contributed by atoms with van der Waals surface area (Å²) in [6.45, 7) is 2.70. The number of furan rings is 1. The molecule has 1 amide bonds. The number of rotatable bonds is 6. The Balaban J connectivity index is 1.51. The summed E-state index contributed by atoms with van der Waals surface area (Å²) in [5.74, 6) is 0.754. The second-order valence-electron chi connectivity index (χ2n) is 6.65. The Kier molecular flexibility index (Phi) is 5.85. The van der Waals surface area contributed by atoms with E-state index in [1.807, 2.05) is 36.0 Å². The third kappa shape index (κ3) is 4.88. The highest BCUT2D eigenvalue weighted by molar-refractivity contribution is 7.07. The maximum atomic E-state index is 12.3. The summed E-state index contributed by atoms with van der Waals surface area (Å²) in [4.78, 5) is 20.8. The molecule has 0 bridgehead atoms. The molecule has 3 heterocycles. The third-order valence-corrected chi connectivity index (χ3v) is 4.84. The molecule has 1 aliphatic rings. The molecule has 2 atom stereocenters. The predicted molar refractivity (Wildman–Crippen MR) is 95.4 cm³/mol. The minimum absolute atomic E-state index is 0.262. The van der Waals surface area contributed by atoms with Crippen LogP contribution in [0.25, 0.3) is 0 Å². The molecule has 8 heteroatoms. The number of aliphatic hydroxyl groups is 1. The van der Waals surface area contributed by atoms with Gasteiger partial charge in [0, 0.05) is 25.0 Å². The minimum atomic E-state index is -0.604. The molecule has 2 aromatic heterocycles. The molecular weight excluding hydrogens is 340 g/mol. The van der Waals surface area contributed by atoms with Gasteiger partial charge in [-0.3, -0.25) is 9.69 Å². The van der Waals surface area contributed by atoms with Crippen molar-refractivity contribution >= 4 is 17.2 Å². The summed E-state index contributed by atoms with van der Waals surface area (Å²) in [6.07, 6.45) is 0.0926. The molecule has 0 aromatic carbocycles. The maximum Gasteiger partial charge on any atom is 0.287 e. The fraction of sp³-hybridized carbons (Fsp3) is 0.529. The van der Waals surface area contributed by atoms with Crippen LogP contribution in [0, 0.1) is 0 Å². The average Bonchev–Trinajstić information content (AvgIpc) is 3.21. The van der Waals surface area contributed by atoms with Crippen LogP contribution in [-0.2, 0) is 13.1 Å². The zero-order valence-corrected chi connectivity index (χ0v) is 15.3. The Morgan fingerprint density at radius 2 is 2.36 bits per heavy atom. The SMILES string of the molecule is CN(C)Cc1ccc(C(=O)N[C@@H]2CCN(Cc3cscn3)C[C@H]2O)o1. The van der Waals surface area contributed by atoms with Crippen LogP contribution >= 0.6 is 11.3 Å². The Hall–Kier alpha value is -1.74. The molecule has 2 aromatic rings. The zero-order valence-electron chi connectivity index (χ0n) is 14.5. The highest BCUT2D eigenvalue weighted by Crippen LogP contribution is 2.16. The monoisotopic (exact) mass is 364 g/mol. The lowest BCUT2D eigenvalue weighted by Crippen LogP contribution is -2.53. The van der Waals surface area contributed by atoms with E-state index < -0.39 is 6.10 Å². The van der Waals surface area contributed by atoms with Crippen LogP contribution < -0.4 is 5.32 Å². The number of likely N-dealkylation sites (tertiary alicyclic amines) is 1. The molecule has 3 rings (SSSR count). The molecule has 0 aliphatic carbocycles. The van der Waals surface area contributed by atoms with Crippen molar-refractivity contribution in [2.45, 2.75) is 31.7 Å². The number of piperidine rings is 1. The van der Waals surface area contributed by atoms with Gasteiger partial charge in [0.25, 0.3) is 5.91 Å². The van der Waals surface area contributed by atoms with Crippen molar-refractivity contribution in [1.29, 1.82) is 0 Å². The van der Waals surface area contributed by atoms with E-state index in [1.54, 1.807) is 17.4 Å². The minimum Gasteiger partial charge on any atom is -0.455 e. The van der Waals surface area contributed by atoms with Crippen LogP contribution in [-0.4, -0.2) is 65.1 Å². The van der Waals surface area contributed by atoms with Gasteiger partial charge in [0.1, 0.15) is 5.76 Å². The zero-order chi connectivity index (χ0) is 17.8. The van der Waals surface area contributed by atoms with E-state index in [4.69, 9.17) is 4.42 Å². The number of nitrogens with one attached hydrogen (secondary N) is 1. The highest BCUT2D eigenvalue weighted by atomic mass is 32.1. The number of β-amino-alcohol motifs (C(OH)–C–C–N with tert-alkyl or cyclic N) is 1. The Morgan fingerprint density at radius 3 is 3.04 bits per heavy atom. The number of thiazole rings is 1. The number of aromatic nitrogens is 1. The third-order valence-electron chi connectivity index (χ3n) is 4.21. The summed E-state index contributed by atoms with van der Waals surface area (Å²) in [5, 5.41) is 15.3. The second kappa shape index (κ2) is 8.09. The van der Waals surface area contributed by atoms with Gasteiger partial charge in [-0.15, -0.1) is 11.3 Å². The normalized spacial score (nSPS) is 21.6. The predicted octanol–water partition coefficient (Wildman–Crippen LogP) is 1.16. The van der Waals surface area contributed by atoms with E-state index in [0.717, 1.165) is 24.5 Å². The molecule has 0 spiro atoms. The first-order chi connectivity index (χ1) is 12.0. The van der Waals surface area contributed by atoms with E-state index in [2.05, 4.69) is 15.2 Å². The van der Waals surface area contributed by atoms with Crippen LogP contribution in [0.5, 0.6) is 0 Å². The molecule has 136 valence electrons. The summed E-state index contributed by atoms with van der Waals surface area (Å²) in [6, 6.07) is 3.22. The van der Waals surface area contributed by atoms with Crippen molar-refractivity contribution in [3.8, 4) is 0 Å². The standard InChI is InChI=1S/C17H24N4O3S/c1-20(2)8-13-3-4-16(24-13)17(23)19-14-5-6-21(9-15(14)22)7-12-10-25-11-18-12/h3-4,10-11,14-15,22H,5-9H2,1-2H3,(H,19,23)/t14-,15-/m1/s1. The maximum absolute atomic E-state index is 12.3. The fourth-order valence-electron chi connectivity index (χ4n) is 2.99. The van der Waals surface area contributed by atoms with Crippen molar-refractivity contribution in [1.82, 2.24) is 20.1 Å². The number of nitrogens with zero attached hydrogens (tertiary/aromatic N) is 3. The Labute approximate surface area is 151 Å². The molecule has 25 heavy (non-hydrogen) atoms. The van der Waals surface area contributed by atoms with Gasteiger partial charge < -0.3 is 19.7 Å². The van der Waals surface area contributed by atoms with Gasteiger partial charge in [-0.05, 0) is 32.6 Å². The van der Waals surface area contributed by atoms with Gasteiger partial charge in [-0.25, -0.2) is 4.98 Å². The number of aliphatic hydroxyl groups excluding tert-OH is 1. The number of amides is 1. The van der Waals surface area contributed by atoms with Crippen molar-refractivity contribution in [2.75, 3.05) is 27.2 Å². The van der Waals surface area contributed by atoms with Gasteiger partial charge >= 0.3 is 0 Å². The summed E-state index contributed by atoms with van der Waals surface area (Å²) in [7, 11) is 3.88. The first kappa shape index (κ1) is 18.1. The summed E-state index contributed by atoms with van der Waals surface area (Å²) < 4.78 is 5.57. The lowest BCUT2D eigenvalue weighted by atomic mass is 10.0. The number of hydrogen-bond donors (Lipinski definition) is 2. The van der Waals surface area contributed by atoms with Crippen LogP contribution in [0.4, 0.5) is 0 Å². The average molecular weight is 364 g/mol. The summed E-state index contributed by atoms with van der Waals surface area (Å²) >= 11 is 1.57. The topological polar surface area (TPSA) is 81.8 Å². The first-order valence-corrected chi connectivity index (χ1v) is 9.27. The van der Waals surface area contributed by atoms with Crippen LogP contribution in [0.15, 0.2) is 27.4 Å². The van der Waals surface area contributed by atoms with Gasteiger partial charge in [-0.2, -0.15) is 0 Å². The lowest BCUT2D eigenvalue weighted by Gasteiger charge is -2.35. The molecule has 2 N–H and O–H groups in total. The molecule has 1 aliphatic heterocycles. The summed E-state index contributed by atoms with van der Waals surface area (Å²) in [5.41, 5.74) is 2.83. The molecule has 0 saturated carbocycles.